The summed E-state index contributed by atoms with van der Waals surface area (Å²) in [6, 6.07) is 22.6. The van der Waals surface area contributed by atoms with Crippen molar-refractivity contribution in [1.29, 1.82) is 0 Å². The zero-order chi connectivity index (χ0) is 23.0. The summed E-state index contributed by atoms with van der Waals surface area (Å²) in [4.78, 5) is 13.2. The Balaban J connectivity index is 1.59. The summed E-state index contributed by atoms with van der Waals surface area (Å²) in [5, 5.41) is 20.7. The standard InChI is InChI=1S/C23H20BrN7O2/c1-33-20-15(12-13-18(24)19(20)32)14-25-31-23-29-21(26-16-8-4-2-5-9-16)28-22(30-23)27-17-10-6-3-7-11-17/h2-14,32H,1H3,(H3,26,27,28,29,30,31). The normalized spacial score (nSPS) is 10.7. The van der Waals surface area contributed by atoms with Gasteiger partial charge in [0.05, 0.1) is 17.8 Å². The molecule has 10 heteroatoms. The number of halogens is 1. The van der Waals surface area contributed by atoms with Gasteiger partial charge in [0.15, 0.2) is 11.5 Å². The van der Waals surface area contributed by atoms with Gasteiger partial charge in [0.2, 0.25) is 17.8 Å². The number of rotatable bonds is 8. The third kappa shape index (κ3) is 5.74. The van der Waals surface area contributed by atoms with Crippen molar-refractivity contribution < 1.29 is 9.84 Å². The van der Waals surface area contributed by atoms with Gasteiger partial charge in [0, 0.05) is 16.9 Å². The first-order valence-electron chi connectivity index (χ1n) is 9.87. The molecule has 0 radical (unpaired) electrons. The van der Waals surface area contributed by atoms with E-state index in [-0.39, 0.29) is 11.7 Å². The number of hydrazone groups is 1. The number of phenolic OH excluding ortho intramolecular Hbond substituents is 1. The first-order valence-corrected chi connectivity index (χ1v) is 10.7. The van der Waals surface area contributed by atoms with Gasteiger partial charge < -0.3 is 20.5 Å². The Bertz CT molecular complexity index is 1190. The lowest BCUT2D eigenvalue weighted by Crippen LogP contribution is -2.07. The molecule has 0 atom stereocenters. The second-order valence-electron chi connectivity index (χ2n) is 6.68. The van der Waals surface area contributed by atoms with Gasteiger partial charge in [-0.3, -0.25) is 0 Å². The average Bonchev–Trinajstić information content (AvgIpc) is 2.83. The molecule has 0 aliphatic rings. The van der Waals surface area contributed by atoms with Gasteiger partial charge in [-0.2, -0.15) is 20.1 Å². The first kappa shape index (κ1) is 22.0. The summed E-state index contributed by atoms with van der Waals surface area (Å²) in [6.07, 6.45) is 1.50. The Labute approximate surface area is 198 Å². The molecule has 0 unspecified atom stereocenters. The van der Waals surface area contributed by atoms with Crippen LogP contribution in [-0.4, -0.2) is 33.4 Å². The van der Waals surface area contributed by atoms with Crippen molar-refractivity contribution in [3.8, 4) is 11.5 Å². The molecule has 0 aliphatic heterocycles. The minimum atomic E-state index is -0.00898. The van der Waals surface area contributed by atoms with E-state index >= 15 is 0 Å². The van der Waals surface area contributed by atoms with E-state index in [0.717, 1.165) is 11.4 Å². The van der Waals surface area contributed by atoms with Crippen molar-refractivity contribution in [2.45, 2.75) is 0 Å². The van der Waals surface area contributed by atoms with Crippen LogP contribution in [0.5, 0.6) is 11.5 Å². The highest BCUT2D eigenvalue weighted by Crippen LogP contribution is 2.36. The molecular weight excluding hydrogens is 486 g/mol. The summed E-state index contributed by atoms with van der Waals surface area (Å²) < 4.78 is 5.79. The van der Waals surface area contributed by atoms with Crippen molar-refractivity contribution in [3.05, 3.63) is 82.8 Å². The van der Waals surface area contributed by atoms with E-state index in [1.54, 1.807) is 12.1 Å². The average molecular weight is 506 g/mol. The number of benzene rings is 3. The lowest BCUT2D eigenvalue weighted by atomic mass is 10.2. The van der Waals surface area contributed by atoms with Crippen molar-refractivity contribution >= 4 is 51.4 Å². The highest BCUT2D eigenvalue weighted by molar-refractivity contribution is 9.10. The summed E-state index contributed by atoms with van der Waals surface area (Å²) >= 11 is 3.27. The SMILES string of the molecule is COc1c(C=NNc2nc(Nc3ccccc3)nc(Nc3ccccc3)n2)ccc(Br)c1O. The Morgan fingerprint density at radius 3 is 1.91 bits per heavy atom. The Morgan fingerprint density at radius 2 is 1.36 bits per heavy atom. The number of hydrogen-bond acceptors (Lipinski definition) is 9. The Morgan fingerprint density at radius 1 is 0.818 bits per heavy atom. The van der Waals surface area contributed by atoms with Crippen molar-refractivity contribution in [3.63, 3.8) is 0 Å². The molecule has 9 nitrogen and oxygen atoms in total. The van der Waals surface area contributed by atoms with Gasteiger partial charge in [-0.05, 0) is 52.3 Å². The fourth-order valence-electron chi connectivity index (χ4n) is 2.88. The van der Waals surface area contributed by atoms with E-state index in [9.17, 15) is 5.11 Å². The summed E-state index contributed by atoms with van der Waals surface area (Å²) in [5.41, 5.74) is 5.05. The van der Waals surface area contributed by atoms with Crippen LogP contribution in [0.3, 0.4) is 0 Å². The summed E-state index contributed by atoms with van der Waals surface area (Å²) in [7, 11) is 1.47. The van der Waals surface area contributed by atoms with Gasteiger partial charge >= 0.3 is 0 Å². The topological polar surface area (TPSA) is 117 Å². The highest BCUT2D eigenvalue weighted by atomic mass is 79.9. The number of nitrogens with one attached hydrogen (secondary N) is 3. The van der Waals surface area contributed by atoms with Gasteiger partial charge in [0.25, 0.3) is 0 Å². The van der Waals surface area contributed by atoms with Crippen molar-refractivity contribution in [2.75, 3.05) is 23.2 Å². The van der Waals surface area contributed by atoms with Crippen LogP contribution in [0.2, 0.25) is 0 Å². The molecule has 0 amide bonds. The molecule has 4 aromatic rings. The predicted molar refractivity (Wildman–Crippen MR) is 133 cm³/mol. The number of aromatic nitrogens is 3. The number of para-hydroxylation sites is 2. The maximum Gasteiger partial charge on any atom is 0.250 e. The van der Waals surface area contributed by atoms with Gasteiger partial charge in [-0.15, -0.1) is 0 Å². The Hall–Kier alpha value is -4.18. The number of ether oxygens (including phenoxy) is 1. The third-order valence-corrected chi connectivity index (χ3v) is 5.02. The van der Waals surface area contributed by atoms with Crippen LogP contribution in [0.15, 0.2) is 82.4 Å². The van der Waals surface area contributed by atoms with E-state index in [4.69, 9.17) is 4.74 Å². The van der Waals surface area contributed by atoms with Gasteiger partial charge in [0.1, 0.15) is 0 Å². The highest BCUT2D eigenvalue weighted by Gasteiger charge is 2.11. The number of anilines is 5. The number of methoxy groups -OCH3 is 1. The molecule has 3 aromatic carbocycles. The minimum Gasteiger partial charge on any atom is -0.503 e. The van der Waals surface area contributed by atoms with Crippen LogP contribution in [-0.2, 0) is 0 Å². The molecular formula is C23H20BrN7O2. The predicted octanol–water partition coefficient (Wildman–Crippen LogP) is 5.28. The largest absolute Gasteiger partial charge is 0.503 e. The molecule has 0 saturated carbocycles. The van der Waals surface area contributed by atoms with Crippen LogP contribution in [0.4, 0.5) is 29.2 Å². The van der Waals surface area contributed by atoms with E-state index in [0.29, 0.717) is 27.7 Å². The second-order valence-corrected chi connectivity index (χ2v) is 7.53. The summed E-state index contributed by atoms with van der Waals surface area (Å²) in [6.45, 7) is 0. The third-order valence-electron chi connectivity index (χ3n) is 4.38. The molecule has 1 heterocycles. The molecule has 4 N–H and O–H groups in total. The van der Waals surface area contributed by atoms with E-state index in [1.807, 2.05) is 60.7 Å². The zero-order valence-electron chi connectivity index (χ0n) is 17.5. The molecule has 0 saturated heterocycles. The van der Waals surface area contributed by atoms with Crippen LogP contribution < -0.4 is 20.8 Å². The van der Waals surface area contributed by atoms with Crippen LogP contribution >= 0.6 is 15.9 Å². The number of aromatic hydroxyl groups is 1. The van der Waals surface area contributed by atoms with Crippen molar-refractivity contribution in [1.82, 2.24) is 15.0 Å². The molecule has 0 aliphatic carbocycles. The molecule has 166 valence electrons. The molecule has 0 spiro atoms. The number of phenols is 1. The quantitative estimate of drug-likeness (QED) is 0.188. The molecule has 4 rings (SSSR count). The van der Waals surface area contributed by atoms with Gasteiger partial charge in [-0.25, -0.2) is 5.43 Å². The number of hydrogen-bond donors (Lipinski definition) is 4. The number of nitrogens with zero attached hydrogens (tertiary/aromatic N) is 4. The first-order chi connectivity index (χ1) is 16.1. The minimum absolute atomic E-state index is 0.00898. The molecule has 0 fully saturated rings. The lowest BCUT2D eigenvalue weighted by Gasteiger charge is -2.10. The van der Waals surface area contributed by atoms with Crippen molar-refractivity contribution in [2.24, 2.45) is 5.10 Å². The molecule has 33 heavy (non-hydrogen) atoms. The maximum atomic E-state index is 10.1. The van der Waals surface area contributed by atoms with Gasteiger partial charge in [-0.1, -0.05) is 36.4 Å². The van der Waals surface area contributed by atoms with Crippen LogP contribution in [0.25, 0.3) is 0 Å². The summed E-state index contributed by atoms with van der Waals surface area (Å²) in [5.74, 6) is 1.18. The van der Waals surface area contributed by atoms with E-state index in [1.165, 1.54) is 13.3 Å². The molecule has 1 aromatic heterocycles. The van der Waals surface area contributed by atoms with E-state index < -0.39 is 0 Å². The smallest absolute Gasteiger partial charge is 0.250 e. The fraction of sp³-hybridized carbons (Fsp3) is 0.0435. The second kappa shape index (κ2) is 10.4. The van der Waals surface area contributed by atoms with Crippen LogP contribution in [0, 0.1) is 0 Å². The lowest BCUT2D eigenvalue weighted by molar-refractivity contribution is 0.371. The van der Waals surface area contributed by atoms with E-state index in [2.05, 4.69) is 52.0 Å². The fourth-order valence-corrected chi connectivity index (χ4v) is 3.19. The Kier molecular flexibility index (Phi) is 6.96. The monoisotopic (exact) mass is 505 g/mol. The molecule has 0 bridgehead atoms. The zero-order valence-corrected chi connectivity index (χ0v) is 19.1. The maximum absolute atomic E-state index is 10.1. The van der Waals surface area contributed by atoms with Crippen LogP contribution in [0.1, 0.15) is 5.56 Å².